The zero-order chi connectivity index (χ0) is 15.5. The van der Waals surface area contributed by atoms with Gasteiger partial charge in [0.25, 0.3) is 0 Å². The highest BCUT2D eigenvalue weighted by atomic mass is 32.2. The van der Waals surface area contributed by atoms with Crippen molar-refractivity contribution in [3.63, 3.8) is 0 Å². The smallest absolute Gasteiger partial charge is 0.166 e. The first-order valence-electron chi connectivity index (χ1n) is 8.21. The van der Waals surface area contributed by atoms with Gasteiger partial charge in [0.2, 0.25) is 0 Å². The lowest BCUT2D eigenvalue weighted by Gasteiger charge is -2.49. The van der Waals surface area contributed by atoms with Crippen LogP contribution in [0, 0.1) is 11.8 Å². The van der Waals surface area contributed by atoms with E-state index in [4.69, 9.17) is 0 Å². The molecule has 3 unspecified atom stereocenters. The predicted octanol–water partition coefficient (Wildman–Crippen LogP) is 1.82. The molecule has 0 amide bonds. The first kappa shape index (κ1) is 17.6. The summed E-state index contributed by atoms with van der Waals surface area (Å²) < 4.78 is 24.7. The number of thioether (sulfide) groups is 1. The summed E-state index contributed by atoms with van der Waals surface area (Å²) in [5.41, 5.74) is 0. The molecule has 2 aliphatic rings. The monoisotopic (exact) mass is 334 g/mol. The first-order valence-corrected chi connectivity index (χ1v) is 11.1. The predicted molar refractivity (Wildman–Crippen MR) is 91.5 cm³/mol. The molecule has 0 spiro atoms. The fourth-order valence-corrected chi connectivity index (χ4v) is 6.34. The van der Waals surface area contributed by atoms with E-state index in [0.29, 0.717) is 17.9 Å². The van der Waals surface area contributed by atoms with Crippen LogP contribution in [0.2, 0.25) is 0 Å². The van der Waals surface area contributed by atoms with Crippen molar-refractivity contribution in [2.75, 3.05) is 36.9 Å². The van der Waals surface area contributed by atoms with Crippen molar-refractivity contribution in [3.8, 4) is 0 Å². The lowest BCUT2D eigenvalue weighted by atomic mass is 9.78. The molecule has 1 saturated carbocycles. The average Bonchev–Trinajstić information content (AvgIpc) is 2.42. The highest BCUT2D eigenvalue weighted by molar-refractivity contribution is 8.01. The molecule has 1 heterocycles. The summed E-state index contributed by atoms with van der Waals surface area (Å²) in [5, 5.41) is 3.29. The Balaban J connectivity index is 1.95. The van der Waals surface area contributed by atoms with Gasteiger partial charge in [0, 0.05) is 29.8 Å². The second kappa shape index (κ2) is 7.66. The van der Waals surface area contributed by atoms with Gasteiger partial charge in [-0.2, -0.15) is 11.8 Å². The Labute approximate surface area is 134 Å². The van der Waals surface area contributed by atoms with Gasteiger partial charge in [0.05, 0.1) is 0 Å². The van der Waals surface area contributed by atoms with Crippen LogP contribution >= 0.6 is 11.8 Å². The molecule has 0 radical (unpaired) electrons. The molecule has 1 aliphatic heterocycles. The van der Waals surface area contributed by atoms with E-state index in [-0.39, 0.29) is 11.1 Å². The van der Waals surface area contributed by atoms with Gasteiger partial charge in [-0.3, -0.25) is 4.90 Å². The summed E-state index contributed by atoms with van der Waals surface area (Å²) >= 11 is 1.79. The molecular formula is C15H30N2O2S2. The molecule has 0 aromatic heterocycles. The SMILES string of the molecule is CCS(=O)(=O)C1CSCCN1C1CCC1CNCC(C)C. The molecule has 0 bridgehead atoms. The Morgan fingerprint density at radius 1 is 1.33 bits per heavy atom. The number of sulfone groups is 1. The third kappa shape index (κ3) is 4.36. The highest BCUT2D eigenvalue weighted by Crippen LogP contribution is 2.36. The first-order chi connectivity index (χ1) is 9.95. The van der Waals surface area contributed by atoms with E-state index in [9.17, 15) is 8.42 Å². The molecule has 2 rings (SSSR count). The summed E-state index contributed by atoms with van der Waals surface area (Å²) in [5.74, 6) is 3.37. The van der Waals surface area contributed by atoms with E-state index in [1.807, 2.05) is 0 Å². The normalized spacial score (nSPS) is 31.3. The van der Waals surface area contributed by atoms with E-state index in [0.717, 1.165) is 37.6 Å². The number of nitrogens with one attached hydrogen (secondary N) is 1. The number of nitrogens with zero attached hydrogens (tertiary/aromatic N) is 1. The second-order valence-electron chi connectivity index (χ2n) is 6.68. The largest absolute Gasteiger partial charge is 0.316 e. The van der Waals surface area contributed by atoms with Crippen LogP contribution in [0.3, 0.4) is 0 Å². The maximum atomic E-state index is 12.3. The number of hydrogen-bond acceptors (Lipinski definition) is 5. The van der Waals surface area contributed by atoms with E-state index >= 15 is 0 Å². The minimum Gasteiger partial charge on any atom is -0.316 e. The Morgan fingerprint density at radius 3 is 2.67 bits per heavy atom. The molecule has 4 nitrogen and oxygen atoms in total. The molecule has 124 valence electrons. The Morgan fingerprint density at radius 2 is 2.10 bits per heavy atom. The van der Waals surface area contributed by atoms with Gasteiger partial charge >= 0.3 is 0 Å². The van der Waals surface area contributed by atoms with Crippen LogP contribution in [0.15, 0.2) is 0 Å². The highest BCUT2D eigenvalue weighted by Gasteiger charge is 2.43. The molecule has 1 aliphatic carbocycles. The second-order valence-corrected chi connectivity index (χ2v) is 10.3. The Kier molecular flexibility index (Phi) is 6.41. The minimum atomic E-state index is -2.96. The van der Waals surface area contributed by atoms with Crippen molar-refractivity contribution < 1.29 is 8.42 Å². The van der Waals surface area contributed by atoms with Crippen LogP contribution in [-0.4, -0.2) is 61.6 Å². The van der Waals surface area contributed by atoms with Gasteiger partial charge in [-0.15, -0.1) is 0 Å². The molecule has 1 N–H and O–H groups in total. The number of hydrogen-bond donors (Lipinski definition) is 1. The van der Waals surface area contributed by atoms with Gasteiger partial charge in [-0.05, 0) is 37.8 Å². The molecule has 3 atom stereocenters. The fraction of sp³-hybridized carbons (Fsp3) is 1.00. The van der Waals surface area contributed by atoms with E-state index < -0.39 is 9.84 Å². The molecule has 0 aromatic carbocycles. The van der Waals surface area contributed by atoms with Crippen molar-refractivity contribution >= 4 is 21.6 Å². The molecular weight excluding hydrogens is 304 g/mol. The van der Waals surface area contributed by atoms with Crippen molar-refractivity contribution in [1.82, 2.24) is 10.2 Å². The summed E-state index contributed by atoms with van der Waals surface area (Å²) in [4.78, 5) is 2.31. The summed E-state index contributed by atoms with van der Waals surface area (Å²) in [7, 11) is -2.96. The van der Waals surface area contributed by atoms with Gasteiger partial charge in [-0.25, -0.2) is 8.42 Å². The van der Waals surface area contributed by atoms with Crippen LogP contribution in [0.4, 0.5) is 0 Å². The van der Waals surface area contributed by atoms with Gasteiger partial charge in [0.15, 0.2) is 9.84 Å². The minimum absolute atomic E-state index is 0.251. The lowest BCUT2D eigenvalue weighted by molar-refractivity contribution is 0.0581. The van der Waals surface area contributed by atoms with Gasteiger partial charge < -0.3 is 5.32 Å². The third-order valence-electron chi connectivity index (χ3n) is 4.70. The van der Waals surface area contributed by atoms with Crippen molar-refractivity contribution in [2.24, 2.45) is 11.8 Å². The standard InChI is InChI=1S/C15H30N2O2S2/c1-4-21(18,19)15-11-20-8-7-17(15)14-6-5-13(14)10-16-9-12(2)3/h12-16H,4-11H2,1-3H3. The fourth-order valence-electron chi connectivity index (χ4n) is 3.26. The zero-order valence-corrected chi connectivity index (χ0v) is 15.2. The Hall–Kier alpha value is 0.220. The number of rotatable bonds is 7. The van der Waals surface area contributed by atoms with Crippen LogP contribution in [0.25, 0.3) is 0 Å². The summed E-state index contributed by atoms with van der Waals surface area (Å²) in [6.07, 6.45) is 2.40. The molecule has 1 saturated heterocycles. The lowest BCUT2D eigenvalue weighted by Crippen LogP contribution is -2.59. The molecule has 2 fully saturated rings. The van der Waals surface area contributed by atoms with Crippen LogP contribution in [0.1, 0.15) is 33.6 Å². The summed E-state index contributed by atoms with van der Waals surface area (Å²) in [6.45, 7) is 9.23. The van der Waals surface area contributed by atoms with Crippen LogP contribution in [-0.2, 0) is 9.84 Å². The molecule has 21 heavy (non-hydrogen) atoms. The van der Waals surface area contributed by atoms with Crippen molar-refractivity contribution in [2.45, 2.75) is 45.0 Å². The van der Waals surface area contributed by atoms with E-state index in [1.54, 1.807) is 18.7 Å². The Bertz CT molecular complexity index is 425. The average molecular weight is 335 g/mol. The maximum Gasteiger partial charge on any atom is 0.166 e. The molecule has 6 heteroatoms. The van der Waals surface area contributed by atoms with Gasteiger partial charge in [0.1, 0.15) is 5.37 Å². The van der Waals surface area contributed by atoms with E-state index in [2.05, 4.69) is 24.1 Å². The van der Waals surface area contributed by atoms with Crippen molar-refractivity contribution in [3.05, 3.63) is 0 Å². The van der Waals surface area contributed by atoms with Gasteiger partial charge in [-0.1, -0.05) is 20.8 Å². The quantitative estimate of drug-likeness (QED) is 0.770. The zero-order valence-electron chi connectivity index (χ0n) is 13.5. The third-order valence-corrected chi connectivity index (χ3v) is 8.01. The maximum absolute atomic E-state index is 12.3. The molecule has 0 aromatic rings. The van der Waals surface area contributed by atoms with E-state index in [1.165, 1.54) is 6.42 Å². The topological polar surface area (TPSA) is 49.4 Å². The van der Waals surface area contributed by atoms with Crippen LogP contribution in [0.5, 0.6) is 0 Å². The summed E-state index contributed by atoms with van der Waals surface area (Å²) in [6, 6.07) is 0.469. The van der Waals surface area contributed by atoms with Crippen molar-refractivity contribution in [1.29, 1.82) is 0 Å². The van der Waals surface area contributed by atoms with Crippen LogP contribution < -0.4 is 5.32 Å².